The molecule has 0 aromatic rings. The zero-order valence-electron chi connectivity index (χ0n) is 4.53. The third-order valence-corrected chi connectivity index (χ3v) is 1.08. The van der Waals surface area contributed by atoms with Gasteiger partial charge in [-0.15, -0.1) is 0 Å². The Labute approximate surface area is 44.2 Å². The quantitative estimate of drug-likeness (QED) is 0.469. The third kappa shape index (κ3) is 3.23. The Kier molecular flexibility index (Phi) is 5.30. The first kappa shape index (κ1) is 10.1. The van der Waals surface area contributed by atoms with Gasteiger partial charge in [-0.25, -0.2) is 4.31 Å². The van der Waals surface area contributed by atoms with Crippen molar-refractivity contribution in [2.75, 3.05) is 13.8 Å². The van der Waals surface area contributed by atoms with E-state index >= 15 is 0 Å². The fourth-order valence-electron chi connectivity index (χ4n) is 0.0471. The van der Waals surface area contributed by atoms with E-state index in [1.54, 1.807) is 0 Å². The Bertz CT molecular complexity index is 79.7. The van der Waals surface area contributed by atoms with Crippen molar-refractivity contribution in [1.29, 1.82) is 0 Å². The minimum absolute atomic E-state index is 0. The number of hydrogen-bond acceptors (Lipinski definition) is 3. The van der Waals surface area contributed by atoms with Crippen LogP contribution in [0.1, 0.15) is 0 Å². The monoisotopic (exact) mass is 391 g/mol. The van der Waals surface area contributed by atoms with Gasteiger partial charge in [-0.2, -0.15) is 0 Å². The van der Waals surface area contributed by atoms with Crippen LogP contribution >= 0.6 is 0 Å². The molecule has 0 saturated carbocycles. The Morgan fingerprint density at radius 3 is 2.25 bits per heavy atom. The summed E-state index contributed by atoms with van der Waals surface area (Å²) in [5.41, 5.74) is 0. The molecule has 1 N–H and O–H groups in total. The molecule has 0 aromatic heterocycles. The summed E-state index contributed by atoms with van der Waals surface area (Å²) in [4.78, 5) is 0. The van der Waals surface area contributed by atoms with Crippen LogP contribution in [0, 0.1) is 0 Å². The molecule has 0 aliphatic carbocycles. The first-order valence-electron chi connectivity index (χ1n) is 1.60. The molecule has 46 valence electrons. The van der Waals surface area contributed by atoms with E-state index in [1.807, 2.05) is 0 Å². The van der Waals surface area contributed by atoms with Crippen molar-refractivity contribution in [3.05, 3.63) is 0 Å². The summed E-state index contributed by atoms with van der Waals surface area (Å²) in [5, 5.41) is 8.04. The summed E-state index contributed by atoms with van der Waals surface area (Å²) in [6.45, 7) is -0.462. The summed E-state index contributed by atoms with van der Waals surface area (Å²) >= 11 is -2.28. The van der Waals surface area contributed by atoms with Crippen molar-refractivity contribution >= 4 is 11.3 Å². The van der Waals surface area contributed by atoms with Crippen LogP contribution in [0.2, 0.25) is 0 Å². The molecule has 0 aromatic carbocycles. The fraction of sp³-hybridized carbons (Fsp3) is 1.00. The number of rotatable bonds is 2. The zero-order chi connectivity index (χ0) is 5.86. The van der Waals surface area contributed by atoms with Gasteiger partial charge < -0.3 is 9.66 Å². The van der Waals surface area contributed by atoms with Gasteiger partial charge >= 0.3 is 0 Å². The van der Waals surface area contributed by atoms with E-state index in [-0.39, 0.29) is 0 Å². The van der Waals surface area contributed by atoms with Gasteiger partial charge in [0.05, 0.1) is 0 Å². The Balaban J connectivity index is 0. The first-order chi connectivity index (χ1) is 3.18. The maximum atomic E-state index is 9.70. The van der Waals surface area contributed by atoms with E-state index in [2.05, 4.69) is 0 Å². The standard InChI is InChI=1S/C2H7NO3S.Rf/c1-3(2-4)7(5)6;/h4H,2H2,1H3,(H,5,6);/p-1. The van der Waals surface area contributed by atoms with Crippen molar-refractivity contribution < 1.29 is 13.9 Å². The molecule has 4 nitrogen and oxygen atoms in total. The normalized spacial score (nSPS) is 13.0. The molecule has 0 aliphatic rings. The van der Waals surface area contributed by atoms with Crippen molar-refractivity contribution in [3.8, 4) is 0 Å². The van der Waals surface area contributed by atoms with E-state index in [4.69, 9.17) is 5.11 Å². The van der Waals surface area contributed by atoms with Gasteiger partial charge in [-0.1, -0.05) is 0 Å². The minimum Gasteiger partial charge on any atom is -0.760 e. The van der Waals surface area contributed by atoms with Crippen LogP contribution in [-0.2, 0) is 11.3 Å². The van der Waals surface area contributed by atoms with Crippen molar-refractivity contribution in [2.24, 2.45) is 0 Å². The maximum absolute atomic E-state index is 9.70. The van der Waals surface area contributed by atoms with Crippen LogP contribution in [-0.4, -0.2) is 32.0 Å². The van der Waals surface area contributed by atoms with E-state index in [1.165, 1.54) is 7.05 Å². The van der Waals surface area contributed by atoms with Gasteiger partial charge in [0.1, 0.15) is 6.73 Å². The third-order valence-electron chi connectivity index (χ3n) is 0.454. The first-order valence-corrected chi connectivity index (χ1v) is 2.63. The molecule has 1 unspecified atom stereocenters. The average molecular weight is 391 g/mol. The maximum Gasteiger partial charge on any atom is 0.106 e. The van der Waals surface area contributed by atoms with E-state index in [9.17, 15) is 8.76 Å². The number of aliphatic hydroxyl groups is 1. The van der Waals surface area contributed by atoms with Gasteiger partial charge in [-0.05, 0) is 0 Å². The fourth-order valence-corrected chi connectivity index (χ4v) is 0.141. The molecule has 6 heteroatoms. The van der Waals surface area contributed by atoms with Crippen molar-refractivity contribution in [1.82, 2.24) is 4.31 Å². The molecule has 0 rings (SSSR count). The molecule has 0 amide bonds. The smallest absolute Gasteiger partial charge is 0.106 e. The molecule has 1 atom stereocenters. The van der Waals surface area contributed by atoms with E-state index < -0.39 is 18.0 Å². The average Bonchev–Trinajstić information content (AvgIpc) is 1.65. The Morgan fingerprint density at radius 2 is 2.25 bits per heavy atom. The van der Waals surface area contributed by atoms with Crippen LogP contribution in [0.15, 0.2) is 0 Å². The summed E-state index contributed by atoms with van der Waals surface area (Å²) < 4.78 is 20.2. The predicted molar refractivity (Wildman–Crippen MR) is 23.8 cm³/mol. The molecule has 0 aliphatic heterocycles. The molecule has 0 bridgehead atoms. The zero-order valence-corrected chi connectivity index (χ0v) is 11.7. The van der Waals surface area contributed by atoms with Gasteiger partial charge in [0, 0.05) is 18.3 Å². The topological polar surface area (TPSA) is 63.6 Å². The molecule has 0 radical (unpaired) electrons. The van der Waals surface area contributed by atoms with Gasteiger partial charge in [0.2, 0.25) is 0 Å². The summed E-state index contributed by atoms with van der Waals surface area (Å²) in [6.07, 6.45) is 0. The molecular weight excluding hydrogens is 385 g/mol. The van der Waals surface area contributed by atoms with Crippen LogP contribution < -0.4 is 0 Å². The van der Waals surface area contributed by atoms with E-state index in [0.717, 1.165) is 4.31 Å². The van der Waals surface area contributed by atoms with Crippen molar-refractivity contribution in [3.63, 3.8) is 0 Å². The molecule has 0 heterocycles. The summed E-state index contributed by atoms with van der Waals surface area (Å²) in [6, 6.07) is 0. The van der Waals surface area contributed by atoms with Crippen LogP contribution in [0.3, 0.4) is 0 Å². The van der Waals surface area contributed by atoms with Crippen molar-refractivity contribution in [2.45, 2.75) is 0 Å². The second-order valence-corrected chi connectivity index (χ2v) is 2.04. The Hall–Kier alpha value is -0.970. The van der Waals surface area contributed by atoms with Crippen LogP contribution in [0.5, 0.6) is 0 Å². The van der Waals surface area contributed by atoms with Gasteiger partial charge in [-0.3, -0.25) is 4.21 Å². The molecule has 0 spiro atoms. The predicted octanol–water partition coefficient (Wildman–Crippen LogP) is -1.34. The van der Waals surface area contributed by atoms with E-state index in [0.29, 0.717) is 0 Å². The molecule has 8 heavy (non-hydrogen) atoms. The van der Waals surface area contributed by atoms with Gasteiger partial charge in [0.25, 0.3) is 0 Å². The molecular formula is C2H6NO3RfS-. The SMILES string of the molecule is CN(CO)S(=O)[O-].[Rf]. The Morgan fingerprint density at radius 1 is 1.88 bits per heavy atom. The second-order valence-electron chi connectivity index (χ2n) is 0.986. The summed E-state index contributed by atoms with van der Waals surface area (Å²) in [7, 11) is 1.27. The summed E-state index contributed by atoms with van der Waals surface area (Å²) in [5.74, 6) is 0. The molecule has 0 fully saturated rings. The second kappa shape index (κ2) is 4.20. The minimum atomic E-state index is -2.28. The largest absolute Gasteiger partial charge is 0.760 e. The van der Waals surface area contributed by atoms with Gasteiger partial charge in [0.15, 0.2) is 0 Å². The van der Waals surface area contributed by atoms with Crippen LogP contribution in [0.25, 0.3) is 0 Å². The van der Waals surface area contributed by atoms with Crippen LogP contribution in [0.4, 0.5) is 0 Å². The number of hydrogen-bond donors (Lipinski definition) is 1. The number of aliphatic hydroxyl groups excluding tert-OH is 1. The molecule has 0 saturated heterocycles. The number of nitrogens with zero attached hydrogens (tertiary/aromatic N) is 1.